The number of halogens is 4. The number of hydrogen-bond donors (Lipinski definition) is 0. The highest BCUT2D eigenvalue weighted by atomic mass is 28.3. The molecule has 0 aliphatic heterocycles. The quantitative estimate of drug-likeness (QED) is 0.109. The van der Waals surface area contributed by atoms with Crippen LogP contribution in [-0.4, -0.2) is 26.1 Å². The van der Waals surface area contributed by atoms with Crippen molar-refractivity contribution in [2.24, 2.45) is 0 Å². The van der Waals surface area contributed by atoms with Gasteiger partial charge in [0.05, 0.1) is 11.1 Å². The van der Waals surface area contributed by atoms with Gasteiger partial charge < -0.3 is 0 Å². The molecule has 0 aliphatic rings. The molecule has 1 aromatic heterocycles. The molecule has 0 fully saturated rings. The van der Waals surface area contributed by atoms with Gasteiger partial charge in [0.1, 0.15) is 38.2 Å². The molecule has 0 N–H and O–H groups in total. The molecule has 30 heavy (non-hydrogen) atoms. The van der Waals surface area contributed by atoms with Crippen LogP contribution in [0.5, 0.6) is 0 Å². The molecule has 154 valence electrons. The molecule has 2 nitrogen and oxygen atoms in total. The second-order valence-corrected chi connectivity index (χ2v) is 18.5. The molecule has 0 saturated heterocycles. The van der Waals surface area contributed by atoms with Gasteiger partial charge in [-0.2, -0.15) is 0 Å². The highest BCUT2D eigenvalue weighted by molar-refractivity contribution is 6.84. The minimum absolute atomic E-state index is 0.180. The number of rotatable bonds is 0. The Hall–Kier alpha value is -2.69. The van der Waals surface area contributed by atoms with Gasteiger partial charge in [-0.3, -0.25) is 0 Å². The molecule has 2 aromatic carbocycles. The number of nitrogens with zero attached hydrogens (tertiary/aromatic N) is 2. The van der Waals surface area contributed by atoms with Gasteiger partial charge in [-0.05, 0) is 12.1 Å². The number of fused-ring (bicyclic) bond motifs is 2. The molecule has 0 radical (unpaired) electrons. The van der Waals surface area contributed by atoms with E-state index in [1.165, 1.54) is 0 Å². The smallest absolute Gasteiger partial charge is 0.199 e. The van der Waals surface area contributed by atoms with Crippen molar-refractivity contribution in [2.45, 2.75) is 39.3 Å². The summed E-state index contributed by atoms with van der Waals surface area (Å²) in [7, 11) is -3.49. The van der Waals surface area contributed by atoms with Crippen LogP contribution in [0.25, 0.3) is 22.1 Å². The second kappa shape index (κ2) is 7.53. The summed E-state index contributed by atoms with van der Waals surface area (Å²) in [5.41, 5.74) is 6.29. The van der Waals surface area contributed by atoms with E-state index in [0.717, 1.165) is 0 Å². The normalized spacial score (nSPS) is 11.8. The van der Waals surface area contributed by atoms with E-state index in [0.29, 0.717) is 11.1 Å². The maximum absolute atomic E-state index is 14.3. The van der Waals surface area contributed by atoms with Crippen molar-refractivity contribution in [3.63, 3.8) is 0 Å². The molecule has 1 heterocycles. The lowest BCUT2D eigenvalue weighted by atomic mass is 10.1. The van der Waals surface area contributed by atoms with Crippen LogP contribution in [0.1, 0.15) is 11.1 Å². The Morgan fingerprint density at radius 1 is 0.567 bits per heavy atom. The molecule has 8 heteroatoms. The summed E-state index contributed by atoms with van der Waals surface area (Å²) in [6.45, 7) is 12.4. The molecule has 0 unspecified atom stereocenters. The van der Waals surface area contributed by atoms with Crippen molar-refractivity contribution in [3.8, 4) is 22.9 Å². The van der Waals surface area contributed by atoms with Gasteiger partial charge in [0, 0.05) is 0 Å². The first-order valence-electron chi connectivity index (χ1n) is 9.31. The molecule has 0 atom stereocenters. The lowest BCUT2D eigenvalue weighted by Gasteiger charge is -2.09. The fraction of sp³-hybridized carbons (Fsp3) is 0.273. The zero-order valence-corrected chi connectivity index (χ0v) is 19.6. The van der Waals surface area contributed by atoms with E-state index in [2.05, 4.69) is 72.2 Å². The third-order valence-corrected chi connectivity index (χ3v) is 5.71. The number of benzene rings is 2. The van der Waals surface area contributed by atoms with Crippen LogP contribution in [0, 0.1) is 46.2 Å². The lowest BCUT2D eigenvalue weighted by Crippen LogP contribution is -2.16. The van der Waals surface area contributed by atoms with Gasteiger partial charge in [0.2, 0.25) is 0 Å². The first kappa shape index (κ1) is 22.0. The molecule has 0 saturated carbocycles. The van der Waals surface area contributed by atoms with Gasteiger partial charge in [-0.15, -0.1) is 11.1 Å². The Balaban J connectivity index is 2.47. The first-order valence-corrected chi connectivity index (χ1v) is 16.3. The van der Waals surface area contributed by atoms with E-state index in [9.17, 15) is 17.6 Å². The largest absolute Gasteiger partial charge is 0.240 e. The fourth-order valence-electron chi connectivity index (χ4n) is 2.55. The molecule has 0 amide bonds. The summed E-state index contributed by atoms with van der Waals surface area (Å²) < 4.78 is 56.2. The van der Waals surface area contributed by atoms with E-state index in [4.69, 9.17) is 0 Å². The average molecular weight is 445 g/mol. The van der Waals surface area contributed by atoms with Crippen LogP contribution in [0.15, 0.2) is 12.1 Å². The minimum Gasteiger partial charge on any atom is -0.240 e. The fourth-order valence-corrected chi connectivity index (χ4v) is 3.57. The minimum atomic E-state index is -1.92. The predicted octanol–water partition coefficient (Wildman–Crippen LogP) is 5.80. The maximum atomic E-state index is 14.3. The third-order valence-electron chi connectivity index (χ3n) is 3.96. The summed E-state index contributed by atoms with van der Waals surface area (Å²) in [5, 5.41) is 0. The van der Waals surface area contributed by atoms with E-state index in [1.54, 1.807) is 12.1 Å². The molecule has 0 aliphatic carbocycles. The standard InChI is InChI=1S/C22H20F4N2Si2/c1-29(2,3)11-9-13-7-8-14(10-12-30(4,5)6)20-19(13)27-21-17(25)15(23)16(24)18(26)22(21)28-20/h7-8H,1-6H3. The lowest BCUT2D eigenvalue weighted by molar-refractivity contribution is 0.416. The van der Waals surface area contributed by atoms with E-state index in [1.807, 2.05) is 0 Å². The van der Waals surface area contributed by atoms with Crippen LogP contribution in [-0.2, 0) is 0 Å². The van der Waals surface area contributed by atoms with E-state index >= 15 is 0 Å². The molecular formula is C22H20F4N2Si2. The predicted molar refractivity (Wildman–Crippen MR) is 117 cm³/mol. The summed E-state index contributed by atoms with van der Waals surface area (Å²) in [4.78, 5) is 8.24. The average Bonchev–Trinajstić information content (AvgIpc) is 2.65. The highest BCUT2D eigenvalue weighted by Crippen LogP contribution is 2.28. The van der Waals surface area contributed by atoms with Gasteiger partial charge in [-0.1, -0.05) is 51.1 Å². The Labute approximate surface area is 174 Å². The van der Waals surface area contributed by atoms with Crippen LogP contribution in [0.2, 0.25) is 39.3 Å². The molecule has 0 bridgehead atoms. The summed E-state index contributed by atoms with van der Waals surface area (Å²) in [6, 6.07) is 3.39. The first-order chi connectivity index (χ1) is 13.8. The topological polar surface area (TPSA) is 25.8 Å². The van der Waals surface area contributed by atoms with Gasteiger partial charge in [0.15, 0.2) is 23.3 Å². The van der Waals surface area contributed by atoms with Crippen LogP contribution < -0.4 is 0 Å². The maximum Gasteiger partial charge on any atom is 0.199 e. The Morgan fingerprint density at radius 2 is 0.900 bits per heavy atom. The highest BCUT2D eigenvalue weighted by Gasteiger charge is 2.24. The number of hydrogen-bond acceptors (Lipinski definition) is 2. The van der Waals surface area contributed by atoms with Crippen molar-refractivity contribution in [1.82, 2.24) is 9.97 Å². The summed E-state index contributed by atoms with van der Waals surface area (Å²) >= 11 is 0. The molecule has 3 aromatic rings. The van der Waals surface area contributed by atoms with Crippen LogP contribution in [0.3, 0.4) is 0 Å². The SMILES string of the molecule is C[Si](C)(C)C#Cc1ccc(C#C[Si](C)(C)C)c2nc3c(F)c(F)c(F)c(F)c3nc12. The van der Waals surface area contributed by atoms with Gasteiger partial charge in [-0.25, -0.2) is 27.5 Å². The molecule has 3 rings (SSSR count). The summed E-state index contributed by atoms with van der Waals surface area (Å²) in [5.74, 6) is -0.926. The van der Waals surface area contributed by atoms with Crippen molar-refractivity contribution in [2.75, 3.05) is 0 Å². The molecule has 0 spiro atoms. The Bertz CT molecular complexity index is 1210. The monoisotopic (exact) mass is 444 g/mol. The van der Waals surface area contributed by atoms with Gasteiger partial charge in [0.25, 0.3) is 0 Å². The van der Waals surface area contributed by atoms with E-state index in [-0.39, 0.29) is 11.0 Å². The Morgan fingerprint density at radius 3 is 1.20 bits per heavy atom. The van der Waals surface area contributed by atoms with Gasteiger partial charge >= 0.3 is 0 Å². The third kappa shape index (κ3) is 4.40. The van der Waals surface area contributed by atoms with Crippen LogP contribution in [0.4, 0.5) is 17.6 Å². The summed E-state index contributed by atoms with van der Waals surface area (Å²) in [6.07, 6.45) is 0. The van der Waals surface area contributed by atoms with Crippen molar-refractivity contribution in [1.29, 1.82) is 0 Å². The van der Waals surface area contributed by atoms with Crippen molar-refractivity contribution >= 4 is 38.2 Å². The zero-order valence-electron chi connectivity index (χ0n) is 17.6. The van der Waals surface area contributed by atoms with Crippen molar-refractivity contribution in [3.05, 3.63) is 46.5 Å². The van der Waals surface area contributed by atoms with E-state index < -0.39 is 50.5 Å². The zero-order chi connectivity index (χ0) is 22.4. The number of aromatic nitrogens is 2. The molecular weight excluding hydrogens is 424 g/mol. The Kier molecular flexibility index (Phi) is 5.53. The van der Waals surface area contributed by atoms with Crippen molar-refractivity contribution < 1.29 is 17.6 Å². The van der Waals surface area contributed by atoms with Crippen LogP contribution >= 0.6 is 0 Å². The second-order valence-electron chi connectivity index (χ2n) is 9.03.